The molecule has 2 aliphatic rings. The van der Waals surface area contributed by atoms with E-state index in [1.165, 1.54) is 16.7 Å². The van der Waals surface area contributed by atoms with E-state index in [1.807, 2.05) is 26.8 Å². The molecule has 1 aromatic heterocycles. The van der Waals surface area contributed by atoms with Gasteiger partial charge in [0.15, 0.2) is 6.61 Å². The van der Waals surface area contributed by atoms with Crippen LogP contribution in [0.15, 0.2) is 18.2 Å². The van der Waals surface area contributed by atoms with Crippen LogP contribution in [0.3, 0.4) is 0 Å². The second-order valence-corrected chi connectivity index (χ2v) is 10.9. The molecule has 2 aromatic rings. The molecule has 3 amide bonds. The van der Waals surface area contributed by atoms with Crippen molar-refractivity contribution >= 4 is 39.9 Å². The first kappa shape index (κ1) is 24.1. The fourth-order valence-corrected chi connectivity index (χ4v) is 5.87. The largest absolute Gasteiger partial charge is 0.483 e. The Labute approximate surface area is 203 Å². The maximum absolute atomic E-state index is 12.9. The number of anilines is 2. The zero-order valence-corrected chi connectivity index (χ0v) is 20.9. The molecule has 2 N–H and O–H groups in total. The molecule has 0 saturated carbocycles. The number of carboxylic acid groups (broad SMARTS) is 1. The number of thiophene rings is 1. The third-order valence-corrected chi connectivity index (χ3v) is 7.34. The number of hydrogen-bond donors (Lipinski definition) is 2. The molecule has 34 heavy (non-hydrogen) atoms. The molecule has 1 aliphatic carbocycles. The molecule has 9 heteroatoms. The van der Waals surface area contributed by atoms with E-state index in [0.717, 1.165) is 47.4 Å². The number of ether oxygens (including phenoxy) is 1. The van der Waals surface area contributed by atoms with Gasteiger partial charge in [0.2, 0.25) is 5.91 Å². The zero-order valence-electron chi connectivity index (χ0n) is 20.1. The fourth-order valence-electron chi connectivity index (χ4n) is 4.76. The van der Waals surface area contributed by atoms with Gasteiger partial charge in [0, 0.05) is 30.4 Å². The van der Waals surface area contributed by atoms with Gasteiger partial charge in [0.05, 0.1) is 10.7 Å². The lowest BCUT2D eigenvalue weighted by Gasteiger charge is -2.34. The molecule has 0 saturated heterocycles. The minimum atomic E-state index is -0.981. The van der Waals surface area contributed by atoms with Crippen molar-refractivity contribution in [3.8, 4) is 5.75 Å². The highest BCUT2D eigenvalue weighted by Crippen LogP contribution is 2.40. The molecule has 182 valence electrons. The number of benzene rings is 1. The summed E-state index contributed by atoms with van der Waals surface area (Å²) in [6, 6.07) is 5.53. The van der Waals surface area contributed by atoms with E-state index < -0.39 is 11.6 Å². The number of carbonyl (C=O) groups excluding carboxylic acids is 2. The molecular weight excluding hydrogens is 454 g/mol. The van der Waals surface area contributed by atoms with Crippen molar-refractivity contribution in [1.82, 2.24) is 4.90 Å². The number of hydrogen-bond acceptors (Lipinski definition) is 5. The predicted molar refractivity (Wildman–Crippen MR) is 132 cm³/mol. The molecule has 0 atom stereocenters. The van der Waals surface area contributed by atoms with Crippen molar-refractivity contribution in [2.45, 2.75) is 65.5 Å². The fraction of sp³-hybridized carbons (Fsp3) is 0.480. The Morgan fingerprint density at radius 1 is 1.18 bits per heavy atom. The highest BCUT2D eigenvalue weighted by molar-refractivity contribution is 7.16. The molecule has 1 aliphatic heterocycles. The number of carbonyl (C=O) groups is 3. The highest BCUT2D eigenvalue weighted by Gasteiger charge is 2.32. The van der Waals surface area contributed by atoms with Gasteiger partial charge in [0.1, 0.15) is 5.75 Å². The first-order chi connectivity index (χ1) is 16.0. The summed E-state index contributed by atoms with van der Waals surface area (Å²) in [5, 5.41) is 13.4. The summed E-state index contributed by atoms with van der Waals surface area (Å²) in [7, 11) is 0. The Morgan fingerprint density at radius 2 is 1.91 bits per heavy atom. The molecule has 4 rings (SSSR count). The summed E-state index contributed by atoms with van der Waals surface area (Å²) in [4.78, 5) is 40.6. The number of nitrogens with zero attached hydrogens (tertiary/aromatic N) is 2. The van der Waals surface area contributed by atoms with E-state index in [9.17, 15) is 19.5 Å². The Bertz CT molecular complexity index is 1130. The van der Waals surface area contributed by atoms with Crippen LogP contribution in [0.5, 0.6) is 5.75 Å². The summed E-state index contributed by atoms with van der Waals surface area (Å²) in [6.07, 6.45) is 2.30. The minimum Gasteiger partial charge on any atom is -0.483 e. The van der Waals surface area contributed by atoms with E-state index in [4.69, 9.17) is 4.74 Å². The van der Waals surface area contributed by atoms with Crippen molar-refractivity contribution in [1.29, 1.82) is 0 Å². The van der Waals surface area contributed by atoms with Crippen LogP contribution < -0.4 is 15.0 Å². The Morgan fingerprint density at radius 3 is 2.59 bits per heavy atom. The number of rotatable bonds is 5. The highest BCUT2D eigenvalue weighted by atomic mass is 32.1. The van der Waals surface area contributed by atoms with Gasteiger partial charge in [0.25, 0.3) is 5.91 Å². The molecule has 0 spiro atoms. The predicted octanol–water partition coefficient (Wildman–Crippen LogP) is 4.44. The maximum atomic E-state index is 12.9. The van der Waals surface area contributed by atoms with Gasteiger partial charge >= 0.3 is 6.09 Å². The molecule has 1 aromatic carbocycles. The van der Waals surface area contributed by atoms with E-state index in [-0.39, 0.29) is 18.4 Å². The van der Waals surface area contributed by atoms with Gasteiger partial charge in [-0.05, 0) is 81.3 Å². The van der Waals surface area contributed by atoms with Crippen LogP contribution in [0.4, 0.5) is 15.5 Å². The average molecular weight is 486 g/mol. The third-order valence-electron chi connectivity index (χ3n) is 6.19. The number of amides is 3. The molecule has 8 nitrogen and oxygen atoms in total. The van der Waals surface area contributed by atoms with Crippen LogP contribution in [0.2, 0.25) is 0 Å². The summed E-state index contributed by atoms with van der Waals surface area (Å²) in [6.45, 7) is 8.17. The summed E-state index contributed by atoms with van der Waals surface area (Å²) >= 11 is 1.56. The minimum absolute atomic E-state index is 0.0638. The third kappa shape index (κ3) is 4.89. The Balaban J connectivity index is 1.46. The quantitative estimate of drug-likeness (QED) is 0.652. The van der Waals surface area contributed by atoms with Gasteiger partial charge in [-0.1, -0.05) is 0 Å². The second kappa shape index (κ2) is 9.29. The van der Waals surface area contributed by atoms with Gasteiger partial charge in [-0.25, -0.2) is 4.79 Å². The van der Waals surface area contributed by atoms with Crippen molar-refractivity contribution in [2.24, 2.45) is 0 Å². The van der Waals surface area contributed by atoms with Gasteiger partial charge < -0.3 is 20.1 Å². The smallest absolute Gasteiger partial charge is 0.412 e. The average Bonchev–Trinajstić information content (AvgIpc) is 3.37. The summed E-state index contributed by atoms with van der Waals surface area (Å²) in [5.74, 6) is 0.466. The van der Waals surface area contributed by atoms with Crippen LogP contribution >= 0.6 is 11.3 Å². The normalized spacial score (nSPS) is 14.9. The molecule has 0 fully saturated rings. The summed E-state index contributed by atoms with van der Waals surface area (Å²) < 4.78 is 5.98. The number of nitrogens with one attached hydrogen (secondary N) is 1. The van der Waals surface area contributed by atoms with E-state index >= 15 is 0 Å². The van der Waals surface area contributed by atoms with Crippen molar-refractivity contribution in [2.75, 3.05) is 23.4 Å². The van der Waals surface area contributed by atoms with Crippen molar-refractivity contribution in [3.63, 3.8) is 0 Å². The first-order valence-corrected chi connectivity index (χ1v) is 12.3. The van der Waals surface area contributed by atoms with Crippen LogP contribution in [0.1, 0.15) is 55.7 Å². The van der Waals surface area contributed by atoms with Gasteiger partial charge in [-0.2, -0.15) is 0 Å². The first-order valence-electron chi connectivity index (χ1n) is 11.5. The molecule has 0 bridgehead atoms. The van der Waals surface area contributed by atoms with Crippen molar-refractivity contribution < 1.29 is 24.2 Å². The van der Waals surface area contributed by atoms with Crippen LogP contribution in [0.25, 0.3) is 0 Å². The van der Waals surface area contributed by atoms with Crippen molar-refractivity contribution in [3.05, 3.63) is 39.8 Å². The molecular formula is C25H31N3O5S. The van der Waals surface area contributed by atoms with E-state index in [0.29, 0.717) is 24.5 Å². The molecule has 0 unspecified atom stereocenters. The topological polar surface area (TPSA) is 99.2 Å². The van der Waals surface area contributed by atoms with Gasteiger partial charge in [-0.15, -0.1) is 11.3 Å². The maximum Gasteiger partial charge on any atom is 0.412 e. The lowest BCUT2D eigenvalue weighted by atomic mass is 10.0. The van der Waals surface area contributed by atoms with Crippen LogP contribution in [-0.4, -0.2) is 46.6 Å². The Hall–Kier alpha value is -3.07. The van der Waals surface area contributed by atoms with Crippen LogP contribution in [-0.2, 0) is 35.4 Å². The zero-order chi connectivity index (χ0) is 24.6. The van der Waals surface area contributed by atoms with Crippen LogP contribution in [0, 0.1) is 0 Å². The van der Waals surface area contributed by atoms with E-state index in [1.54, 1.807) is 28.4 Å². The summed E-state index contributed by atoms with van der Waals surface area (Å²) in [5.41, 5.74) is 3.18. The monoisotopic (exact) mass is 485 g/mol. The second-order valence-electron chi connectivity index (χ2n) is 9.78. The number of fused-ring (bicyclic) bond motifs is 2. The lowest BCUT2D eigenvalue weighted by molar-refractivity contribution is -0.134. The van der Waals surface area contributed by atoms with Gasteiger partial charge in [-0.3, -0.25) is 14.5 Å². The Kier molecular flexibility index (Phi) is 6.58. The lowest BCUT2D eigenvalue weighted by Crippen LogP contribution is -2.45. The standard InChI is InChI=1S/C25H31N3O5S/c1-15(29)26-22-12-16-13-27(11-10-21(16)34-22)23(30)14-33-20-9-8-19(17-6-5-7-18(17)20)28(24(31)32)25(2,3)4/h8-9,12H,5-7,10-11,13-14H2,1-4H3,(H,26,29)(H,31,32). The molecule has 2 heterocycles. The molecule has 0 radical (unpaired) electrons. The SMILES string of the molecule is CC(=O)Nc1cc2c(s1)CCN(C(=O)COc1ccc(N(C(=O)O)C(C)(C)C)c3c1CCC3)C2. The van der Waals surface area contributed by atoms with E-state index in [2.05, 4.69) is 5.32 Å².